The molecule has 0 atom stereocenters. The van der Waals surface area contributed by atoms with Crippen molar-refractivity contribution in [3.8, 4) is 5.75 Å². The molecular formula is C17H19NO2. The van der Waals surface area contributed by atoms with Crippen molar-refractivity contribution < 1.29 is 9.53 Å². The highest BCUT2D eigenvalue weighted by molar-refractivity contribution is 5.78. The maximum atomic E-state index is 11.9. The van der Waals surface area contributed by atoms with Crippen LogP contribution in [0.5, 0.6) is 5.75 Å². The van der Waals surface area contributed by atoms with Crippen LogP contribution < -0.4 is 10.1 Å². The van der Waals surface area contributed by atoms with Crippen LogP contribution in [0.4, 0.5) is 0 Å². The highest BCUT2D eigenvalue weighted by Gasteiger charge is 2.06. The van der Waals surface area contributed by atoms with Gasteiger partial charge in [-0.15, -0.1) is 0 Å². The van der Waals surface area contributed by atoms with Crippen LogP contribution >= 0.6 is 0 Å². The van der Waals surface area contributed by atoms with Crippen LogP contribution in [0.15, 0.2) is 54.6 Å². The fourth-order valence-electron chi connectivity index (χ4n) is 1.98. The molecule has 0 saturated carbocycles. The smallest absolute Gasteiger partial charge is 0.224 e. The molecule has 0 aliphatic rings. The number of ether oxygens (including phenoxy) is 1. The van der Waals surface area contributed by atoms with E-state index in [0.29, 0.717) is 19.6 Å². The summed E-state index contributed by atoms with van der Waals surface area (Å²) in [5, 5.41) is 2.93. The number of carbonyl (C=O) groups is 1. The zero-order valence-electron chi connectivity index (χ0n) is 11.6. The number of carbonyl (C=O) groups excluding carboxylic acids is 1. The Morgan fingerprint density at radius 2 is 1.75 bits per heavy atom. The van der Waals surface area contributed by atoms with Gasteiger partial charge < -0.3 is 10.1 Å². The average molecular weight is 269 g/mol. The Hall–Kier alpha value is -2.29. The van der Waals surface area contributed by atoms with Crippen molar-refractivity contribution in [3.63, 3.8) is 0 Å². The van der Waals surface area contributed by atoms with Gasteiger partial charge in [0.15, 0.2) is 0 Å². The highest BCUT2D eigenvalue weighted by atomic mass is 16.5. The van der Waals surface area contributed by atoms with Crippen molar-refractivity contribution in [2.24, 2.45) is 0 Å². The van der Waals surface area contributed by atoms with Gasteiger partial charge in [0.2, 0.25) is 5.91 Å². The lowest BCUT2D eigenvalue weighted by atomic mass is 10.1. The zero-order chi connectivity index (χ0) is 14.2. The van der Waals surface area contributed by atoms with Crippen molar-refractivity contribution in [1.82, 2.24) is 5.32 Å². The second-order valence-electron chi connectivity index (χ2n) is 4.48. The lowest BCUT2D eigenvalue weighted by Gasteiger charge is -2.11. The normalized spacial score (nSPS) is 10.1. The molecule has 3 heteroatoms. The van der Waals surface area contributed by atoms with E-state index < -0.39 is 0 Å². The molecule has 2 aromatic rings. The molecule has 20 heavy (non-hydrogen) atoms. The minimum Gasteiger partial charge on any atom is -0.494 e. The number of hydrogen-bond acceptors (Lipinski definition) is 2. The van der Waals surface area contributed by atoms with Crippen LogP contribution in [0.1, 0.15) is 18.1 Å². The van der Waals surface area contributed by atoms with Crippen LogP contribution in [0, 0.1) is 0 Å². The average Bonchev–Trinajstić information content (AvgIpc) is 2.48. The largest absolute Gasteiger partial charge is 0.494 e. The third-order valence-corrected chi connectivity index (χ3v) is 2.96. The van der Waals surface area contributed by atoms with E-state index >= 15 is 0 Å². The predicted octanol–water partition coefficient (Wildman–Crippen LogP) is 2.94. The fourth-order valence-corrected chi connectivity index (χ4v) is 1.98. The second kappa shape index (κ2) is 7.34. The number of rotatable bonds is 6. The molecule has 0 fully saturated rings. The van der Waals surface area contributed by atoms with E-state index in [9.17, 15) is 4.79 Å². The van der Waals surface area contributed by atoms with Gasteiger partial charge in [0.05, 0.1) is 13.0 Å². The van der Waals surface area contributed by atoms with Crippen molar-refractivity contribution >= 4 is 5.91 Å². The Balaban J connectivity index is 1.90. The standard InChI is InChI=1S/C17H19NO2/c1-2-20-16-11-7-6-10-15(16)13-18-17(19)12-14-8-4-3-5-9-14/h3-11H,2,12-13H2,1H3,(H,18,19). The summed E-state index contributed by atoms with van der Waals surface area (Å²) in [5.74, 6) is 0.845. The first-order valence-corrected chi connectivity index (χ1v) is 6.81. The Kier molecular flexibility index (Phi) is 5.18. The van der Waals surface area contributed by atoms with Crippen molar-refractivity contribution in [2.75, 3.05) is 6.61 Å². The van der Waals surface area contributed by atoms with Crippen LogP contribution in [0.2, 0.25) is 0 Å². The van der Waals surface area contributed by atoms with E-state index in [1.807, 2.05) is 61.5 Å². The molecule has 0 saturated heterocycles. The monoisotopic (exact) mass is 269 g/mol. The molecule has 0 bridgehead atoms. The SMILES string of the molecule is CCOc1ccccc1CNC(=O)Cc1ccccc1. The van der Waals surface area contributed by atoms with Gasteiger partial charge >= 0.3 is 0 Å². The molecule has 0 heterocycles. The Morgan fingerprint density at radius 3 is 2.50 bits per heavy atom. The number of hydrogen-bond donors (Lipinski definition) is 1. The minimum absolute atomic E-state index is 0.0162. The van der Waals surface area contributed by atoms with Crippen molar-refractivity contribution in [2.45, 2.75) is 19.9 Å². The molecule has 0 aromatic heterocycles. The summed E-state index contributed by atoms with van der Waals surface area (Å²) in [5.41, 5.74) is 2.01. The lowest BCUT2D eigenvalue weighted by molar-refractivity contribution is -0.120. The van der Waals surface area contributed by atoms with E-state index in [2.05, 4.69) is 5.32 Å². The Bertz CT molecular complexity index is 552. The maximum absolute atomic E-state index is 11.9. The summed E-state index contributed by atoms with van der Waals surface area (Å²) < 4.78 is 5.54. The maximum Gasteiger partial charge on any atom is 0.224 e. The van der Waals surface area contributed by atoms with Crippen molar-refractivity contribution in [1.29, 1.82) is 0 Å². The summed E-state index contributed by atoms with van der Waals surface area (Å²) >= 11 is 0. The minimum atomic E-state index is 0.0162. The molecule has 0 radical (unpaired) electrons. The molecule has 0 spiro atoms. The van der Waals surface area contributed by atoms with Gasteiger partial charge in [-0.1, -0.05) is 48.5 Å². The van der Waals surface area contributed by atoms with Gasteiger partial charge in [-0.2, -0.15) is 0 Å². The second-order valence-corrected chi connectivity index (χ2v) is 4.48. The van der Waals surface area contributed by atoms with Gasteiger partial charge in [-0.05, 0) is 18.6 Å². The first kappa shape index (κ1) is 14.1. The topological polar surface area (TPSA) is 38.3 Å². The molecule has 3 nitrogen and oxygen atoms in total. The quantitative estimate of drug-likeness (QED) is 0.875. The molecule has 2 rings (SSSR count). The number of benzene rings is 2. The Labute approximate surface area is 119 Å². The molecule has 0 aliphatic carbocycles. The fraction of sp³-hybridized carbons (Fsp3) is 0.235. The molecule has 2 aromatic carbocycles. The molecular weight excluding hydrogens is 250 g/mol. The molecule has 104 valence electrons. The predicted molar refractivity (Wildman–Crippen MR) is 79.6 cm³/mol. The van der Waals surface area contributed by atoms with Crippen LogP contribution in [0.25, 0.3) is 0 Å². The number of amides is 1. The number of para-hydroxylation sites is 1. The third-order valence-electron chi connectivity index (χ3n) is 2.96. The summed E-state index contributed by atoms with van der Waals surface area (Å²) in [6.45, 7) is 3.06. The summed E-state index contributed by atoms with van der Waals surface area (Å²) in [7, 11) is 0. The molecule has 0 aliphatic heterocycles. The molecule has 0 unspecified atom stereocenters. The highest BCUT2D eigenvalue weighted by Crippen LogP contribution is 2.17. The molecule has 1 N–H and O–H groups in total. The first-order chi connectivity index (χ1) is 9.79. The van der Waals surface area contributed by atoms with Gasteiger partial charge in [0.1, 0.15) is 5.75 Å². The van der Waals surface area contributed by atoms with E-state index in [4.69, 9.17) is 4.74 Å². The lowest BCUT2D eigenvalue weighted by Crippen LogP contribution is -2.24. The summed E-state index contributed by atoms with van der Waals surface area (Å²) in [6, 6.07) is 17.5. The van der Waals surface area contributed by atoms with Gasteiger partial charge in [0, 0.05) is 12.1 Å². The van der Waals surface area contributed by atoms with E-state index in [0.717, 1.165) is 16.9 Å². The van der Waals surface area contributed by atoms with E-state index in [-0.39, 0.29) is 5.91 Å². The zero-order valence-corrected chi connectivity index (χ0v) is 11.6. The van der Waals surface area contributed by atoms with Crippen LogP contribution in [-0.4, -0.2) is 12.5 Å². The summed E-state index contributed by atoms with van der Waals surface area (Å²) in [4.78, 5) is 11.9. The third kappa shape index (κ3) is 4.12. The van der Waals surface area contributed by atoms with Gasteiger partial charge in [0.25, 0.3) is 0 Å². The van der Waals surface area contributed by atoms with Crippen molar-refractivity contribution in [3.05, 3.63) is 65.7 Å². The Morgan fingerprint density at radius 1 is 1.05 bits per heavy atom. The van der Waals surface area contributed by atoms with Gasteiger partial charge in [-0.25, -0.2) is 0 Å². The van der Waals surface area contributed by atoms with E-state index in [1.165, 1.54) is 0 Å². The molecule has 1 amide bonds. The summed E-state index contributed by atoms with van der Waals surface area (Å²) in [6.07, 6.45) is 0.400. The first-order valence-electron chi connectivity index (χ1n) is 6.81. The van der Waals surface area contributed by atoms with Crippen LogP contribution in [0.3, 0.4) is 0 Å². The van der Waals surface area contributed by atoms with Gasteiger partial charge in [-0.3, -0.25) is 4.79 Å². The van der Waals surface area contributed by atoms with Crippen LogP contribution in [-0.2, 0) is 17.8 Å². The van der Waals surface area contributed by atoms with E-state index in [1.54, 1.807) is 0 Å². The number of nitrogens with one attached hydrogen (secondary N) is 1.